The highest BCUT2D eigenvalue weighted by atomic mass is 19.4. The Hall–Kier alpha value is -3.03. The predicted octanol–water partition coefficient (Wildman–Crippen LogP) is 3.36. The fourth-order valence-corrected chi connectivity index (χ4v) is 2.28. The van der Waals surface area contributed by atoms with Crippen molar-refractivity contribution in [2.75, 3.05) is 12.4 Å². The fourth-order valence-electron chi connectivity index (χ4n) is 2.28. The van der Waals surface area contributed by atoms with Crippen molar-refractivity contribution in [2.45, 2.75) is 19.1 Å². The second kappa shape index (κ2) is 8.37. The van der Waals surface area contributed by atoms with E-state index in [1.807, 2.05) is 0 Å². The number of hydrogen-bond acceptors (Lipinski definition) is 3. The van der Waals surface area contributed by atoms with Crippen LogP contribution in [0.3, 0.4) is 0 Å². The maximum absolute atomic E-state index is 12.9. The average Bonchev–Trinajstić information content (AvgIpc) is 2.59. The van der Waals surface area contributed by atoms with Gasteiger partial charge in [-0.3, -0.25) is 9.59 Å². The molecule has 8 heteroatoms. The Kier molecular flexibility index (Phi) is 6.21. The first-order chi connectivity index (χ1) is 12.3. The molecule has 0 saturated carbocycles. The Morgan fingerprint density at radius 3 is 2.35 bits per heavy atom. The summed E-state index contributed by atoms with van der Waals surface area (Å²) in [6.07, 6.45) is -5.20. The van der Waals surface area contributed by atoms with E-state index in [9.17, 15) is 22.8 Å². The monoisotopic (exact) mass is 366 g/mol. The summed E-state index contributed by atoms with van der Waals surface area (Å²) in [6.45, 7) is 0.134. The Bertz CT molecular complexity index is 791. The zero-order chi connectivity index (χ0) is 19.2. The van der Waals surface area contributed by atoms with Crippen molar-refractivity contribution in [3.8, 4) is 5.75 Å². The van der Waals surface area contributed by atoms with Crippen LogP contribution in [-0.4, -0.2) is 18.9 Å². The van der Waals surface area contributed by atoms with Crippen LogP contribution in [0.2, 0.25) is 0 Å². The molecule has 0 aliphatic heterocycles. The third-order valence-corrected chi connectivity index (χ3v) is 3.50. The standard InChI is InChI=1S/C18H17F3N2O3/c1-26-15-9-5-2-6-12(15)11-22-16(24)10-17(25)23-14-8-4-3-7-13(14)18(19,20)21/h2-9H,10-11H2,1H3,(H,22,24)(H,23,25). The van der Waals surface area contributed by atoms with Crippen molar-refractivity contribution < 1.29 is 27.5 Å². The van der Waals surface area contributed by atoms with E-state index in [-0.39, 0.29) is 12.2 Å². The van der Waals surface area contributed by atoms with Gasteiger partial charge in [-0.15, -0.1) is 0 Å². The minimum absolute atomic E-state index is 0.134. The van der Waals surface area contributed by atoms with Crippen LogP contribution in [0.5, 0.6) is 5.75 Å². The van der Waals surface area contributed by atoms with Gasteiger partial charge in [-0.2, -0.15) is 13.2 Å². The van der Waals surface area contributed by atoms with Gasteiger partial charge in [0.15, 0.2) is 0 Å². The van der Waals surface area contributed by atoms with Gasteiger partial charge in [0.25, 0.3) is 0 Å². The normalized spacial score (nSPS) is 10.9. The summed E-state index contributed by atoms with van der Waals surface area (Å²) in [5.41, 5.74) is -0.642. The lowest BCUT2D eigenvalue weighted by molar-refractivity contribution is -0.137. The summed E-state index contributed by atoms with van der Waals surface area (Å²) in [5.74, 6) is -0.867. The van der Waals surface area contributed by atoms with Gasteiger partial charge in [0, 0.05) is 12.1 Å². The minimum atomic E-state index is -4.60. The maximum Gasteiger partial charge on any atom is 0.418 e. The molecule has 0 aliphatic carbocycles. The van der Waals surface area contributed by atoms with Gasteiger partial charge in [-0.25, -0.2) is 0 Å². The van der Waals surface area contributed by atoms with Gasteiger partial charge in [0.05, 0.1) is 18.4 Å². The first-order valence-electron chi connectivity index (χ1n) is 7.66. The highest BCUT2D eigenvalue weighted by Gasteiger charge is 2.33. The molecule has 0 aromatic heterocycles. The molecule has 5 nitrogen and oxygen atoms in total. The molecule has 2 N–H and O–H groups in total. The van der Waals surface area contributed by atoms with E-state index in [2.05, 4.69) is 10.6 Å². The number of amides is 2. The van der Waals surface area contributed by atoms with Gasteiger partial charge >= 0.3 is 6.18 Å². The molecule has 0 heterocycles. The molecule has 0 aliphatic rings. The number of methoxy groups -OCH3 is 1. The SMILES string of the molecule is COc1ccccc1CNC(=O)CC(=O)Nc1ccccc1C(F)(F)F. The molecule has 138 valence electrons. The van der Waals surface area contributed by atoms with E-state index in [0.29, 0.717) is 11.3 Å². The topological polar surface area (TPSA) is 67.4 Å². The summed E-state index contributed by atoms with van der Waals surface area (Å²) in [4.78, 5) is 23.7. The molecule has 2 rings (SSSR count). The summed E-state index contributed by atoms with van der Waals surface area (Å²) < 4.78 is 43.8. The largest absolute Gasteiger partial charge is 0.496 e. The first kappa shape index (κ1) is 19.3. The second-order valence-corrected chi connectivity index (χ2v) is 5.36. The zero-order valence-corrected chi connectivity index (χ0v) is 13.9. The van der Waals surface area contributed by atoms with E-state index in [0.717, 1.165) is 12.1 Å². The van der Waals surface area contributed by atoms with Crippen LogP contribution in [0.4, 0.5) is 18.9 Å². The van der Waals surface area contributed by atoms with E-state index >= 15 is 0 Å². The lowest BCUT2D eigenvalue weighted by atomic mass is 10.1. The average molecular weight is 366 g/mol. The zero-order valence-electron chi connectivity index (χ0n) is 13.9. The number of hydrogen-bond donors (Lipinski definition) is 2. The van der Waals surface area contributed by atoms with Gasteiger partial charge in [0.1, 0.15) is 12.2 Å². The van der Waals surface area contributed by atoms with E-state index < -0.39 is 30.0 Å². The number of para-hydroxylation sites is 2. The Morgan fingerprint density at radius 1 is 1.00 bits per heavy atom. The highest BCUT2D eigenvalue weighted by molar-refractivity contribution is 6.03. The number of alkyl halides is 3. The van der Waals surface area contributed by atoms with Crippen LogP contribution in [0, 0.1) is 0 Å². The molecule has 2 aromatic rings. The van der Waals surface area contributed by atoms with Crippen LogP contribution in [0.25, 0.3) is 0 Å². The van der Waals surface area contributed by atoms with Crippen molar-refractivity contribution in [2.24, 2.45) is 0 Å². The molecule has 2 aromatic carbocycles. The van der Waals surface area contributed by atoms with Gasteiger partial charge in [0.2, 0.25) is 11.8 Å². The number of rotatable bonds is 6. The van der Waals surface area contributed by atoms with Crippen molar-refractivity contribution in [1.82, 2.24) is 5.32 Å². The van der Waals surface area contributed by atoms with Crippen molar-refractivity contribution >= 4 is 17.5 Å². The summed E-state index contributed by atoms with van der Waals surface area (Å²) in [7, 11) is 1.49. The second-order valence-electron chi connectivity index (χ2n) is 5.36. The van der Waals surface area contributed by atoms with E-state index in [1.54, 1.807) is 24.3 Å². The quantitative estimate of drug-likeness (QED) is 0.771. The Balaban J connectivity index is 1.93. The number of carbonyl (C=O) groups excluding carboxylic acids is 2. The molecule has 0 saturated heterocycles. The number of anilines is 1. The van der Waals surface area contributed by atoms with E-state index in [4.69, 9.17) is 4.74 Å². The first-order valence-corrected chi connectivity index (χ1v) is 7.66. The van der Waals surface area contributed by atoms with Crippen molar-refractivity contribution in [1.29, 1.82) is 0 Å². The van der Waals surface area contributed by atoms with Crippen LogP contribution in [0.1, 0.15) is 17.5 Å². The molecular formula is C18H17F3N2O3. The molecule has 0 spiro atoms. The molecule has 26 heavy (non-hydrogen) atoms. The predicted molar refractivity (Wildman–Crippen MR) is 89.5 cm³/mol. The van der Waals surface area contributed by atoms with Gasteiger partial charge < -0.3 is 15.4 Å². The lowest BCUT2D eigenvalue weighted by Gasteiger charge is -2.13. The van der Waals surface area contributed by atoms with Crippen LogP contribution >= 0.6 is 0 Å². The highest BCUT2D eigenvalue weighted by Crippen LogP contribution is 2.34. The number of ether oxygens (including phenoxy) is 1. The molecule has 0 fully saturated rings. The van der Waals surface area contributed by atoms with Gasteiger partial charge in [-0.05, 0) is 18.2 Å². The molecule has 0 bridgehead atoms. The number of nitrogens with one attached hydrogen (secondary N) is 2. The minimum Gasteiger partial charge on any atom is -0.496 e. The third-order valence-electron chi connectivity index (χ3n) is 3.50. The van der Waals surface area contributed by atoms with Gasteiger partial charge in [-0.1, -0.05) is 30.3 Å². The van der Waals surface area contributed by atoms with Crippen molar-refractivity contribution in [3.63, 3.8) is 0 Å². The Labute approximate surface area is 148 Å². The molecular weight excluding hydrogens is 349 g/mol. The van der Waals surface area contributed by atoms with Crippen LogP contribution < -0.4 is 15.4 Å². The number of halogens is 3. The summed E-state index contributed by atoms with van der Waals surface area (Å²) in [6, 6.07) is 11.6. The summed E-state index contributed by atoms with van der Waals surface area (Å²) in [5, 5.41) is 4.66. The number of benzene rings is 2. The van der Waals surface area contributed by atoms with Crippen molar-refractivity contribution in [3.05, 3.63) is 59.7 Å². The van der Waals surface area contributed by atoms with Crippen LogP contribution in [-0.2, 0) is 22.3 Å². The van der Waals surface area contributed by atoms with Crippen LogP contribution in [0.15, 0.2) is 48.5 Å². The number of carbonyl (C=O) groups is 2. The molecule has 0 atom stereocenters. The Morgan fingerprint density at radius 2 is 1.65 bits per heavy atom. The van der Waals surface area contributed by atoms with E-state index in [1.165, 1.54) is 19.2 Å². The molecule has 2 amide bonds. The fraction of sp³-hybridized carbons (Fsp3) is 0.222. The lowest BCUT2D eigenvalue weighted by Crippen LogP contribution is -2.28. The molecule has 0 unspecified atom stereocenters. The maximum atomic E-state index is 12.9. The smallest absolute Gasteiger partial charge is 0.418 e. The molecule has 0 radical (unpaired) electrons. The third kappa shape index (κ3) is 5.23. The summed E-state index contributed by atoms with van der Waals surface area (Å²) >= 11 is 0.